The third-order valence-corrected chi connectivity index (χ3v) is 7.78. The standard InChI is InChI=1S/C27H29N7S/c1-32(2)22-12-15-33(18-22)21-10-6-9-20(17-21)29-27-30-23-13-16-35-25(23)26(31-27)34-24(11-14-28-34)19-7-4-3-5-8-19/h3-10,13-14,16-17,22,24H,11-12,15,18H2,1-2H3,(H,29,30,31)/t22-,24?/m0/s1. The number of hydrazone groups is 1. The van der Waals surface area contributed by atoms with Gasteiger partial charge in [-0.2, -0.15) is 10.1 Å². The Morgan fingerprint density at radius 3 is 2.74 bits per heavy atom. The second kappa shape index (κ2) is 9.28. The summed E-state index contributed by atoms with van der Waals surface area (Å²) in [5.41, 5.74) is 4.38. The van der Waals surface area contributed by atoms with Crippen LogP contribution in [-0.2, 0) is 0 Å². The van der Waals surface area contributed by atoms with Gasteiger partial charge in [0, 0.05) is 43.1 Å². The average molecular weight is 484 g/mol. The Labute approximate surface area is 209 Å². The molecule has 178 valence electrons. The maximum Gasteiger partial charge on any atom is 0.229 e. The van der Waals surface area contributed by atoms with Gasteiger partial charge in [-0.1, -0.05) is 36.4 Å². The molecule has 1 fully saturated rings. The maximum absolute atomic E-state index is 4.97. The Morgan fingerprint density at radius 1 is 1.03 bits per heavy atom. The molecule has 7 nitrogen and oxygen atoms in total. The first-order valence-corrected chi connectivity index (χ1v) is 12.9. The van der Waals surface area contributed by atoms with Crippen LogP contribution in [0, 0.1) is 0 Å². The molecule has 2 aliphatic heterocycles. The molecule has 0 amide bonds. The van der Waals surface area contributed by atoms with Crippen molar-refractivity contribution >= 4 is 50.9 Å². The molecule has 35 heavy (non-hydrogen) atoms. The van der Waals surface area contributed by atoms with Crippen LogP contribution >= 0.6 is 11.3 Å². The molecule has 8 heteroatoms. The van der Waals surface area contributed by atoms with Crippen molar-refractivity contribution in [1.82, 2.24) is 14.9 Å². The predicted molar refractivity (Wildman–Crippen MR) is 146 cm³/mol. The number of anilines is 4. The summed E-state index contributed by atoms with van der Waals surface area (Å²) in [4.78, 5) is 14.5. The fourth-order valence-corrected chi connectivity index (χ4v) is 5.75. The van der Waals surface area contributed by atoms with E-state index in [9.17, 15) is 0 Å². The maximum atomic E-state index is 4.97. The molecule has 1 saturated heterocycles. The normalized spacial score (nSPS) is 19.9. The Balaban J connectivity index is 1.30. The Kier molecular flexibility index (Phi) is 5.83. The van der Waals surface area contributed by atoms with Gasteiger partial charge in [0.25, 0.3) is 0 Å². The van der Waals surface area contributed by atoms with Gasteiger partial charge in [0.2, 0.25) is 5.95 Å². The first-order chi connectivity index (χ1) is 17.2. The molecule has 2 atom stereocenters. The lowest BCUT2D eigenvalue weighted by atomic mass is 10.0. The van der Waals surface area contributed by atoms with E-state index in [4.69, 9.17) is 15.1 Å². The molecule has 1 unspecified atom stereocenters. The van der Waals surface area contributed by atoms with Gasteiger partial charge < -0.3 is 15.1 Å². The number of hydrogen-bond acceptors (Lipinski definition) is 8. The minimum absolute atomic E-state index is 0.132. The highest BCUT2D eigenvalue weighted by molar-refractivity contribution is 7.17. The molecular weight excluding hydrogens is 454 g/mol. The van der Waals surface area contributed by atoms with Crippen molar-refractivity contribution in [1.29, 1.82) is 0 Å². The number of likely N-dealkylation sites (N-methyl/N-ethyl adjacent to an activating group) is 1. The zero-order valence-electron chi connectivity index (χ0n) is 20.0. The van der Waals surface area contributed by atoms with Crippen LogP contribution in [-0.4, -0.2) is 54.3 Å². The lowest BCUT2D eigenvalue weighted by Crippen LogP contribution is -2.31. The van der Waals surface area contributed by atoms with Crippen molar-refractivity contribution in [3.63, 3.8) is 0 Å². The smallest absolute Gasteiger partial charge is 0.229 e. The number of benzene rings is 2. The fourth-order valence-electron chi connectivity index (χ4n) is 4.94. The monoisotopic (exact) mass is 483 g/mol. The lowest BCUT2D eigenvalue weighted by Gasteiger charge is -2.24. The van der Waals surface area contributed by atoms with Crippen LogP contribution in [0.1, 0.15) is 24.4 Å². The quantitative estimate of drug-likeness (QED) is 0.390. The zero-order chi connectivity index (χ0) is 23.8. The van der Waals surface area contributed by atoms with Gasteiger partial charge in [-0.15, -0.1) is 11.3 Å². The Bertz CT molecular complexity index is 1350. The van der Waals surface area contributed by atoms with Crippen molar-refractivity contribution in [3.05, 3.63) is 71.6 Å². The van der Waals surface area contributed by atoms with Crippen molar-refractivity contribution in [2.45, 2.75) is 24.9 Å². The largest absolute Gasteiger partial charge is 0.370 e. The molecule has 0 spiro atoms. The molecule has 1 N–H and O–H groups in total. The Morgan fingerprint density at radius 2 is 1.91 bits per heavy atom. The second-order valence-corrected chi connectivity index (χ2v) is 10.3. The van der Waals surface area contributed by atoms with Crippen LogP contribution in [0.4, 0.5) is 23.1 Å². The number of thiophene rings is 1. The summed E-state index contributed by atoms with van der Waals surface area (Å²) in [6.45, 7) is 2.12. The van der Waals surface area contributed by atoms with E-state index in [2.05, 4.69) is 89.2 Å². The molecule has 0 radical (unpaired) electrons. The van der Waals surface area contributed by atoms with Gasteiger partial charge in [-0.25, -0.2) is 9.99 Å². The molecule has 0 aliphatic carbocycles. The summed E-state index contributed by atoms with van der Waals surface area (Å²) >= 11 is 1.66. The molecule has 0 bridgehead atoms. The van der Waals surface area contributed by atoms with Gasteiger partial charge in [-0.05, 0) is 55.7 Å². The van der Waals surface area contributed by atoms with Crippen molar-refractivity contribution in [2.24, 2.45) is 5.10 Å². The second-order valence-electron chi connectivity index (χ2n) is 9.34. The third kappa shape index (κ3) is 4.35. The number of aromatic nitrogens is 2. The van der Waals surface area contributed by atoms with E-state index in [0.29, 0.717) is 12.0 Å². The number of nitrogens with one attached hydrogen (secondary N) is 1. The van der Waals surface area contributed by atoms with Gasteiger partial charge in [-0.3, -0.25) is 0 Å². The van der Waals surface area contributed by atoms with Crippen molar-refractivity contribution in [3.8, 4) is 0 Å². The fraction of sp³-hybridized carbons (Fsp3) is 0.296. The van der Waals surface area contributed by atoms with Crippen molar-refractivity contribution in [2.75, 3.05) is 42.4 Å². The Hall–Kier alpha value is -3.49. The predicted octanol–water partition coefficient (Wildman–Crippen LogP) is 5.51. The van der Waals surface area contributed by atoms with E-state index in [1.165, 1.54) is 17.7 Å². The van der Waals surface area contributed by atoms with Crippen LogP contribution in [0.2, 0.25) is 0 Å². The third-order valence-electron chi connectivity index (χ3n) is 6.88. The zero-order valence-corrected chi connectivity index (χ0v) is 20.8. The first kappa shape index (κ1) is 22.0. The van der Waals surface area contributed by atoms with Crippen LogP contribution in [0.25, 0.3) is 10.2 Å². The molecule has 6 rings (SSSR count). The molecule has 0 saturated carbocycles. The number of hydrogen-bond donors (Lipinski definition) is 1. The van der Waals surface area contributed by atoms with E-state index < -0.39 is 0 Å². The summed E-state index contributed by atoms with van der Waals surface area (Å²) in [6.07, 6.45) is 4.02. The van der Waals surface area contributed by atoms with E-state index in [0.717, 1.165) is 41.2 Å². The van der Waals surface area contributed by atoms with Crippen molar-refractivity contribution < 1.29 is 0 Å². The minimum atomic E-state index is 0.132. The topological polar surface area (TPSA) is 59.9 Å². The highest BCUT2D eigenvalue weighted by Gasteiger charge is 2.28. The summed E-state index contributed by atoms with van der Waals surface area (Å²) in [5.74, 6) is 1.43. The molecule has 2 aromatic heterocycles. The summed E-state index contributed by atoms with van der Waals surface area (Å²) in [7, 11) is 4.32. The molecule has 4 aromatic rings. The summed E-state index contributed by atoms with van der Waals surface area (Å²) < 4.78 is 1.05. The lowest BCUT2D eigenvalue weighted by molar-refractivity contribution is 0.315. The minimum Gasteiger partial charge on any atom is -0.370 e. The summed E-state index contributed by atoms with van der Waals surface area (Å²) in [5, 5.41) is 12.3. The van der Waals surface area contributed by atoms with E-state index >= 15 is 0 Å². The van der Waals surface area contributed by atoms with Gasteiger partial charge in [0.1, 0.15) is 0 Å². The van der Waals surface area contributed by atoms with Gasteiger partial charge in [0.15, 0.2) is 5.82 Å². The van der Waals surface area contributed by atoms with E-state index in [1.807, 2.05) is 17.3 Å². The highest BCUT2D eigenvalue weighted by atomic mass is 32.1. The summed E-state index contributed by atoms with van der Waals surface area (Å²) in [6, 6.07) is 21.8. The molecule has 4 heterocycles. The van der Waals surface area contributed by atoms with Gasteiger partial charge in [0.05, 0.1) is 16.3 Å². The SMILES string of the molecule is CN(C)[C@H]1CCN(c2cccc(Nc3nc(N4N=CCC4c4ccccc4)c4sccc4n3)c2)C1. The average Bonchev–Trinajstić information content (AvgIpc) is 3.65. The molecule has 2 aromatic carbocycles. The van der Waals surface area contributed by atoms with Crippen LogP contribution < -0.4 is 15.2 Å². The molecule has 2 aliphatic rings. The number of nitrogens with zero attached hydrogens (tertiary/aromatic N) is 6. The van der Waals surface area contributed by atoms with E-state index in [-0.39, 0.29) is 6.04 Å². The first-order valence-electron chi connectivity index (χ1n) is 12.1. The van der Waals surface area contributed by atoms with Crippen LogP contribution in [0.5, 0.6) is 0 Å². The van der Waals surface area contributed by atoms with Crippen LogP contribution in [0.15, 0.2) is 71.1 Å². The number of rotatable bonds is 6. The van der Waals surface area contributed by atoms with Crippen LogP contribution in [0.3, 0.4) is 0 Å². The van der Waals surface area contributed by atoms with Gasteiger partial charge >= 0.3 is 0 Å². The number of fused-ring (bicyclic) bond motifs is 1. The highest BCUT2D eigenvalue weighted by Crippen LogP contribution is 2.38. The van der Waals surface area contributed by atoms with E-state index in [1.54, 1.807) is 11.3 Å². The molecular formula is C27H29N7S.